The fourth-order valence-corrected chi connectivity index (χ4v) is 2.41. The highest BCUT2D eigenvalue weighted by atomic mass is 19.1. The Morgan fingerprint density at radius 2 is 1.95 bits per heavy atom. The summed E-state index contributed by atoms with van der Waals surface area (Å²) >= 11 is 0. The summed E-state index contributed by atoms with van der Waals surface area (Å²) in [6, 6.07) is 11.2. The summed E-state index contributed by atoms with van der Waals surface area (Å²) in [5.74, 6) is -1.32. The summed E-state index contributed by atoms with van der Waals surface area (Å²) in [6.07, 6.45) is -0.232. The highest BCUT2D eigenvalue weighted by Crippen LogP contribution is 2.31. The van der Waals surface area contributed by atoms with Crippen LogP contribution < -0.4 is 4.90 Å². The van der Waals surface area contributed by atoms with Gasteiger partial charge >= 0.3 is 6.09 Å². The predicted octanol–water partition coefficient (Wildman–Crippen LogP) is 3.66. The van der Waals surface area contributed by atoms with Crippen molar-refractivity contribution in [2.24, 2.45) is 0 Å². The molecule has 0 aliphatic carbocycles. The van der Waals surface area contributed by atoms with E-state index in [0.717, 1.165) is 17.7 Å². The van der Waals surface area contributed by atoms with Crippen LogP contribution in [0, 0.1) is 11.6 Å². The van der Waals surface area contributed by atoms with Gasteiger partial charge < -0.3 is 4.74 Å². The molecule has 21 heavy (non-hydrogen) atoms. The van der Waals surface area contributed by atoms with Gasteiger partial charge in [-0.05, 0) is 18.1 Å². The van der Waals surface area contributed by atoms with Crippen LogP contribution in [-0.4, -0.2) is 12.6 Å². The van der Waals surface area contributed by atoms with Gasteiger partial charge in [-0.1, -0.05) is 30.3 Å². The maximum atomic E-state index is 13.6. The van der Waals surface area contributed by atoms with Gasteiger partial charge in [0.2, 0.25) is 0 Å². The molecule has 1 aliphatic rings. The zero-order valence-corrected chi connectivity index (χ0v) is 11.2. The molecule has 0 unspecified atom stereocenters. The minimum Gasteiger partial charge on any atom is -0.444 e. The van der Waals surface area contributed by atoms with Crippen LogP contribution in [0.4, 0.5) is 19.3 Å². The summed E-state index contributed by atoms with van der Waals surface area (Å²) in [5.41, 5.74) is 1.47. The van der Waals surface area contributed by atoms with E-state index in [1.54, 1.807) is 0 Å². The lowest BCUT2D eigenvalue weighted by molar-refractivity contribution is 0.147. The van der Waals surface area contributed by atoms with E-state index in [2.05, 4.69) is 0 Å². The van der Waals surface area contributed by atoms with Gasteiger partial charge in [0.25, 0.3) is 0 Å². The third kappa shape index (κ3) is 2.72. The van der Waals surface area contributed by atoms with Gasteiger partial charge in [-0.2, -0.15) is 0 Å². The fraction of sp³-hybridized carbons (Fsp3) is 0.188. The van der Waals surface area contributed by atoms with Crippen LogP contribution in [0.2, 0.25) is 0 Å². The first-order chi connectivity index (χ1) is 10.1. The Balaban J connectivity index is 1.73. The van der Waals surface area contributed by atoms with Crippen LogP contribution in [0.15, 0.2) is 42.5 Å². The van der Waals surface area contributed by atoms with Crippen LogP contribution in [0.25, 0.3) is 0 Å². The second kappa shape index (κ2) is 5.52. The predicted molar refractivity (Wildman–Crippen MR) is 74.0 cm³/mol. The van der Waals surface area contributed by atoms with Crippen molar-refractivity contribution in [1.29, 1.82) is 0 Å². The molecular formula is C16H13F2NO2. The molecule has 0 atom stereocenters. The van der Waals surface area contributed by atoms with Crippen molar-refractivity contribution in [3.8, 4) is 0 Å². The van der Waals surface area contributed by atoms with Gasteiger partial charge in [-0.3, -0.25) is 4.90 Å². The lowest BCUT2D eigenvalue weighted by atomic mass is 10.1. The minimum atomic E-state index is -0.700. The second-order valence-electron chi connectivity index (χ2n) is 4.83. The first kappa shape index (κ1) is 13.5. The molecular weight excluding hydrogens is 276 g/mol. The van der Waals surface area contributed by atoms with E-state index in [4.69, 9.17) is 4.74 Å². The summed E-state index contributed by atoms with van der Waals surface area (Å²) < 4.78 is 32.1. The number of nitrogens with zero attached hydrogens (tertiary/aromatic N) is 1. The SMILES string of the molecule is O=C(OCc1ccccc1)N1CCc2c(F)cc(F)cc21. The zero-order valence-electron chi connectivity index (χ0n) is 11.2. The number of carbonyl (C=O) groups excluding carboxylic acids is 1. The van der Waals surface area contributed by atoms with Gasteiger partial charge in [-0.15, -0.1) is 0 Å². The number of benzene rings is 2. The second-order valence-corrected chi connectivity index (χ2v) is 4.83. The number of fused-ring (bicyclic) bond motifs is 1. The number of carbonyl (C=O) groups is 1. The molecule has 1 heterocycles. The average Bonchev–Trinajstić information content (AvgIpc) is 2.90. The van der Waals surface area contributed by atoms with Gasteiger partial charge in [0.15, 0.2) is 0 Å². The quantitative estimate of drug-likeness (QED) is 0.844. The Hall–Kier alpha value is -2.43. The highest BCUT2D eigenvalue weighted by molar-refractivity contribution is 5.90. The van der Waals surface area contributed by atoms with E-state index in [-0.39, 0.29) is 12.3 Å². The Labute approximate surface area is 120 Å². The molecule has 1 aliphatic heterocycles. The van der Waals surface area contributed by atoms with Crippen molar-refractivity contribution < 1.29 is 18.3 Å². The zero-order chi connectivity index (χ0) is 14.8. The average molecular weight is 289 g/mol. The Bertz CT molecular complexity index is 673. The van der Waals surface area contributed by atoms with Crippen LogP contribution in [-0.2, 0) is 17.8 Å². The van der Waals surface area contributed by atoms with E-state index < -0.39 is 17.7 Å². The molecule has 0 N–H and O–H groups in total. The summed E-state index contributed by atoms with van der Waals surface area (Å²) in [7, 11) is 0. The maximum Gasteiger partial charge on any atom is 0.414 e. The molecule has 1 amide bonds. The van der Waals surface area contributed by atoms with E-state index in [9.17, 15) is 13.6 Å². The molecule has 0 spiro atoms. The molecule has 108 valence electrons. The monoisotopic (exact) mass is 289 g/mol. The Morgan fingerprint density at radius 3 is 2.71 bits per heavy atom. The molecule has 0 saturated carbocycles. The first-order valence-corrected chi connectivity index (χ1v) is 6.61. The van der Waals surface area contributed by atoms with E-state index in [1.165, 1.54) is 4.90 Å². The molecule has 5 heteroatoms. The van der Waals surface area contributed by atoms with Crippen molar-refractivity contribution in [1.82, 2.24) is 0 Å². The van der Waals surface area contributed by atoms with Crippen LogP contribution in [0.1, 0.15) is 11.1 Å². The summed E-state index contributed by atoms with van der Waals surface area (Å²) in [6.45, 7) is 0.423. The summed E-state index contributed by atoms with van der Waals surface area (Å²) in [4.78, 5) is 13.3. The molecule has 0 fully saturated rings. The molecule has 0 saturated heterocycles. The van der Waals surface area contributed by atoms with Crippen molar-refractivity contribution in [3.63, 3.8) is 0 Å². The van der Waals surface area contributed by atoms with Crippen LogP contribution in [0.5, 0.6) is 0 Å². The van der Waals surface area contributed by atoms with Gasteiger partial charge in [0.05, 0.1) is 5.69 Å². The molecule has 3 rings (SSSR count). The van der Waals surface area contributed by atoms with Crippen molar-refractivity contribution in [3.05, 3.63) is 65.2 Å². The fourth-order valence-electron chi connectivity index (χ4n) is 2.41. The number of hydrogen-bond acceptors (Lipinski definition) is 2. The molecule has 3 nitrogen and oxygen atoms in total. The maximum absolute atomic E-state index is 13.6. The minimum absolute atomic E-state index is 0.128. The normalized spacial score (nSPS) is 13.1. The standard InChI is InChI=1S/C16H13F2NO2/c17-12-8-14(18)13-6-7-19(15(13)9-12)16(20)21-10-11-4-2-1-3-5-11/h1-5,8-9H,6-7,10H2. The highest BCUT2D eigenvalue weighted by Gasteiger charge is 2.28. The molecule has 2 aromatic carbocycles. The first-order valence-electron chi connectivity index (χ1n) is 6.61. The number of ether oxygens (including phenoxy) is 1. The van der Waals surface area contributed by atoms with Crippen molar-refractivity contribution in [2.45, 2.75) is 13.0 Å². The Kier molecular flexibility index (Phi) is 3.56. The van der Waals surface area contributed by atoms with Crippen molar-refractivity contribution >= 4 is 11.8 Å². The number of anilines is 1. The van der Waals surface area contributed by atoms with E-state index in [1.807, 2.05) is 30.3 Å². The van der Waals surface area contributed by atoms with Crippen molar-refractivity contribution in [2.75, 3.05) is 11.4 Å². The lowest BCUT2D eigenvalue weighted by Crippen LogP contribution is -2.29. The van der Waals surface area contributed by atoms with E-state index in [0.29, 0.717) is 18.5 Å². The lowest BCUT2D eigenvalue weighted by Gasteiger charge is -2.17. The van der Waals surface area contributed by atoms with Crippen LogP contribution in [0.3, 0.4) is 0 Å². The molecule has 0 bridgehead atoms. The van der Waals surface area contributed by atoms with Gasteiger partial charge in [0.1, 0.15) is 18.2 Å². The summed E-state index contributed by atoms with van der Waals surface area (Å²) in [5, 5.41) is 0. The largest absolute Gasteiger partial charge is 0.444 e. The molecule has 0 radical (unpaired) electrons. The van der Waals surface area contributed by atoms with Gasteiger partial charge in [-0.25, -0.2) is 13.6 Å². The number of hydrogen-bond donors (Lipinski definition) is 0. The third-order valence-electron chi connectivity index (χ3n) is 3.44. The van der Waals surface area contributed by atoms with Crippen LogP contribution >= 0.6 is 0 Å². The number of amides is 1. The number of rotatable bonds is 2. The molecule has 2 aromatic rings. The van der Waals surface area contributed by atoms with E-state index >= 15 is 0 Å². The van der Waals surface area contributed by atoms with Gasteiger partial charge in [0, 0.05) is 18.2 Å². The smallest absolute Gasteiger partial charge is 0.414 e. The molecule has 0 aromatic heterocycles. The topological polar surface area (TPSA) is 29.5 Å². The Morgan fingerprint density at radius 1 is 1.19 bits per heavy atom. The number of halogens is 2. The third-order valence-corrected chi connectivity index (χ3v) is 3.44.